The van der Waals surface area contributed by atoms with Crippen LogP contribution in [0.25, 0.3) is 17.0 Å². The number of carbonyl (C=O) groups excluding carboxylic acids is 1. The van der Waals surface area contributed by atoms with Crippen LogP contribution in [0.5, 0.6) is 5.75 Å². The van der Waals surface area contributed by atoms with Crippen LogP contribution in [0.15, 0.2) is 54.7 Å². The first-order valence-corrected chi connectivity index (χ1v) is 9.61. The lowest BCUT2D eigenvalue weighted by Crippen LogP contribution is -2.43. The number of phenolic OH excluding ortho intramolecular Hbond substituents is 1. The maximum absolute atomic E-state index is 12.7. The van der Waals surface area contributed by atoms with Crippen molar-refractivity contribution in [2.45, 2.75) is 6.54 Å². The molecule has 0 saturated carbocycles. The minimum atomic E-state index is -0.0649. The number of fused-ring (bicyclic) bond motifs is 1. The highest BCUT2D eigenvalue weighted by molar-refractivity contribution is 6.08. The van der Waals surface area contributed by atoms with Gasteiger partial charge in [0, 0.05) is 61.0 Å². The molecule has 5 heteroatoms. The maximum atomic E-state index is 12.7. The number of likely N-dealkylation sites (N-methyl/N-ethyl adjacent to an activating group) is 1. The van der Waals surface area contributed by atoms with Gasteiger partial charge in [-0.25, -0.2) is 0 Å². The molecule has 1 aliphatic rings. The number of rotatable bonds is 5. The molecule has 5 nitrogen and oxygen atoms in total. The van der Waals surface area contributed by atoms with Gasteiger partial charge in [-0.3, -0.25) is 9.69 Å². The van der Waals surface area contributed by atoms with Crippen molar-refractivity contribution < 1.29 is 9.90 Å². The van der Waals surface area contributed by atoms with E-state index in [-0.39, 0.29) is 11.5 Å². The molecule has 0 aliphatic carbocycles. The van der Waals surface area contributed by atoms with Gasteiger partial charge in [0.2, 0.25) is 0 Å². The Morgan fingerprint density at radius 2 is 1.93 bits per heavy atom. The standard InChI is InChI=1S/C23H25N3O2/c1-25-10-12-26(13-11-25)16-19-14-17(6-8-23(19)28)22(27)9-7-18-15-24-21-5-3-2-4-20(18)21/h2-9,14-15,24,28H,10-13,16H2,1H3/b9-7+. The number of para-hydroxylation sites is 1. The van der Waals surface area contributed by atoms with E-state index in [9.17, 15) is 9.90 Å². The van der Waals surface area contributed by atoms with Gasteiger partial charge < -0.3 is 15.0 Å². The topological polar surface area (TPSA) is 59.6 Å². The first-order chi connectivity index (χ1) is 13.6. The molecule has 2 aromatic carbocycles. The second-order valence-corrected chi connectivity index (χ2v) is 7.41. The molecular formula is C23H25N3O2. The third-order valence-electron chi connectivity index (χ3n) is 5.39. The molecule has 1 aliphatic heterocycles. The zero-order valence-electron chi connectivity index (χ0n) is 16.1. The Kier molecular flexibility index (Phi) is 5.28. The van der Waals surface area contributed by atoms with Crippen LogP contribution >= 0.6 is 0 Å². The number of benzene rings is 2. The van der Waals surface area contributed by atoms with Crippen molar-refractivity contribution in [1.29, 1.82) is 0 Å². The summed E-state index contributed by atoms with van der Waals surface area (Å²) in [5.74, 6) is 0.181. The van der Waals surface area contributed by atoms with E-state index in [4.69, 9.17) is 0 Å². The Balaban J connectivity index is 1.50. The molecule has 2 N–H and O–H groups in total. The maximum Gasteiger partial charge on any atom is 0.185 e. The third-order valence-corrected chi connectivity index (χ3v) is 5.39. The Morgan fingerprint density at radius 3 is 2.75 bits per heavy atom. The van der Waals surface area contributed by atoms with Gasteiger partial charge in [-0.2, -0.15) is 0 Å². The second-order valence-electron chi connectivity index (χ2n) is 7.41. The summed E-state index contributed by atoms with van der Waals surface area (Å²) >= 11 is 0. The molecule has 4 rings (SSSR count). The van der Waals surface area contributed by atoms with Crippen molar-refractivity contribution in [2.24, 2.45) is 0 Å². The van der Waals surface area contributed by atoms with Crippen molar-refractivity contribution in [3.63, 3.8) is 0 Å². The van der Waals surface area contributed by atoms with Gasteiger partial charge in [0.05, 0.1) is 0 Å². The van der Waals surface area contributed by atoms with E-state index in [1.165, 1.54) is 0 Å². The zero-order valence-corrected chi connectivity index (χ0v) is 16.1. The molecule has 28 heavy (non-hydrogen) atoms. The van der Waals surface area contributed by atoms with Crippen molar-refractivity contribution >= 4 is 22.8 Å². The molecule has 1 fully saturated rings. The number of hydrogen-bond acceptors (Lipinski definition) is 4. The van der Waals surface area contributed by atoms with Crippen LogP contribution in [0.2, 0.25) is 0 Å². The lowest BCUT2D eigenvalue weighted by atomic mass is 10.0. The summed E-state index contributed by atoms with van der Waals surface area (Å²) in [6, 6.07) is 13.1. The molecule has 3 aromatic rings. The van der Waals surface area contributed by atoms with Crippen molar-refractivity contribution in [1.82, 2.24) is 14.8 Å². The highest BCUT2D eigenvalue weighted by Crippen LogP contribution is 2.23. The molecule has 1 aromatic heterocycles. The number of aromatic nitrogens is 1. The van der Waals surface area contributed by atoms with Gasteiger partial charge in [0.1, 0.15) is 5.75 Å². The summed E-state index contributed by atoms with van der Waals surface area (Å²) in [6.07, 6.45) is 5.35. The first-order valence-electron chi connectivity index (χ1n) is 9.61. The van der Waals surface area contributed by atoms with E-state index in [1.807, 2.05) is 42.6 Å². The lowest BCUT2D eigenvalue weighted by molar-refractivity contribution is 0.104. The van der Waals surface area contributed by atoms with Crippen LogP contribution < -0.4 is 0 Å². The minimum absolute atomic E-state index is 0.0649. The Hall–Kier alpha value is -2.89. The van der Waals surface area contributed by atoms with Gasteiger partial charge in [-0.1, -0.05) is 18.2 Å². The molecule has 0 bridgehead atoms. The summed E-state index contributed by atoms with van der Waals surface area (Å²) in [4.78, 5) is 20.5. The van der Waals surface area contributed by atoms with Crippen LogP contribution in [0, 0.1) is 0 Å². The SMILES string of the molecule is CN1CCN(Cc2cc(C(=O)/C=C/c3c[nH]c4ccccc34)ccc2O)CC1. The van der Waals surface area contributed by atoms with Crippen LogP contribution in [0.4, 0.5) is 0 Å². The molecule has 0 amide bonds. The summed E-state index contributed by atoms with van der Waals surface area (Å²) in [6.45, 7) is 4.63. The van der Waals surface area contributed by atoms with Crippen LogP contribution in [-0.4, -0.2) is 58.9 Å². The van der Waals surface area contributed by atoms with Crippen LogP contribution in [-0.2, 0) is 6.54 Å². The van der Waals surface area contributed by atoms with Crippen molar-refractivity contribution in [2.75, 3.05) is 33.2 Å². The molecule has 0 radical (unpaired) electrons. The average molecular weight is 375 g/mol. The highest BCUT2D eigenvalue weighted by Gasteiger charge is 2.16. The number of nitrogens with one attached hydrogen (secondary N) is 1. The fraction of sp³-hybridized carbons (Fsp3) is 0.261. The number of carbonyl (C=O) groups is 1. The number of nitrogens with zero attached hydrogens (tertiary/aromatic N) is 2. The van der Waals surface area contributed by atoms with E-state index < -0.39 is 0 Å². The lowest BCUT2D eigenvalue weighted by Gasteiger charge is -2.32. The van der Waals surface area contributed by atoms with Crippen molar-refractivity contribution in [3.05, 3.63) is 71.4 Å². The van der Waals surface area contributed by atoms with Gasteiger partial charge in [-0.05, 0) is 49.0 Å². The smallest absolute Gasteiger partial charge is 0.185 e. The number of hydrogen-bond donors (Lipinski definition) is 2. The number of allylic oxidation sites excluding steroid dienone is 1. The number of ketones is 1. The van der Waals surface area contributed by atoms with Gasteiger partial charge in [-0.15, -0.1) is 0 Å². The first kappa shape index (κ1) is 18.5. The molecule has 0 atom stereocenters. The Labute approximate surface area is 164 Å². The highest BCUT2D eigenvalue weighted by atomic mass is 16.3. The largest absolute Gasteiger partial charge is 0.508 e. The van der Waals surface area contributed by atoms with Gasteiger partial charge in [0.25, 0.3) is 0 Å². The van der Waals surface area contributed by atoms with E-state index in [2.05, 4.69) is 21.8 Å². The molecule has 2 heterocycles. The molecule has 0 unspecified atom stereocenters. The average Bonchev–Trinajstić information content (AvgIpc) is 3.12. The minimum Gasteiger partial charge on any atom is -0.508 e. The number of phenols is 1. The summed E-state index contributed by atoms with van der Waals surface area (Å²) in [5.41, 5.74) is 3.43. The van der Waals surface area contributed by atoms with E-state index >= 15 is 0 Å². The summed E-state index contributed by atoms with van der Waals surface area (Å²) < 4.78 is 0. The van der Waals surface area contributed by atoms with Crippen LogP contribution in [0.1, 0.15) is 21.5 Å². The number of piperazine rings is 1. The Bertz CT molecular complexity index is 1010. The molecule has 1 saturated heterocycles. The summed E-state index contributed by atoms with van der Waals surface area (Å²) in [5, 5.41) is 11.3. The second kappa shape index (κ2) is 8.00. The fourth-order valence-corrected chi connectivity index (χ4v) is 3.61. The van der Waals surface area contributed by atoms with Crippen LogP contribution in [0.3, 0.4) is 0 Å². The van der Waals surface area contributed by atoms with E-state index in [0.29, 0.717) is 12.1 Å². The number of H-pyrrole nitrogens is 1. The fourth-order valence-electron chi connectivity index (χ4n) is 3.61. The normalized spacial score (nSPS) is 16.2. The molecule has 0 spiro atoms. The predicted octanol–water partition coefficient (Wildman–Crippen LogP) is 3.52. The quantitative estimate of drug-likeness (QED) is 0.529. The van der Waals surface area contributed by atoms with E-state index in [1.54, 1.807) is 18.2 Å². The molecule has 144 valence electrons. The van der Waals surface area contributed by atoms with Gasteiger partial charge in [0.15, 0.2) is 5.78 Å². The molecular weight excluding hydrogens is 350 g/mol. The number of aromatic hydroxyl groups is 1. The third kappa shape index (κ3) is 4.01. The van der Waals surface area contributed by atoms with E-state index in [0.717, 1.165) is 48.2 Å². The zero-order chi connectivity index (χ0) is 19.5. The van der Waals surface area contributed by atoms with Gasteiger partial charge >= 0.3 is 0 Å². The predicted molar refractivity (Wildman–Crippen MR) is 113 cm³/mol. The number of aromatic amines is 1. The Morgan fingerprint density at radius 1 is 1.14 bits per heavy atom. The monoisotopic (exact) mass is 375 g/mol. The summed E-state index contributed by atoms with van der Waals surface area (Å²) in [7, 11) is 2.12. The van der Waals surface area contributed by atoms with Crippen molar-refractivity contribution in [3.8, 4) is 5.75 Å².